The minimum Gasteiger partial charge on any atom is -0.482 e. The van der Waals surface area contributed by atoms with Crippen molar-refractivity contribution in [2.24, 2.45) is 0 Å². The quantitative estimate of drug-likeness (QED) is 0.478. The molecule has 182 valence electrons. The molecule has 4 rings (SSSR count). The molecular formula is C26H27N3O5S. The Kier molecular flexibility index (Phi) is 6.29. The SMILES string of the molecule is Cc1ccc(C(C)(C)C)cc1S(=O)(=O)Nc1cccc(C(=O)Nc2ccc3c(c2)NC(=O)CO3)c1. The van der Waals surface area contributed by atoms with Gasteiger partial charge >= 0.3 is 0 Å². The summed E-state index contributed by atoms with van der Waals surface area (Å²) in [5, 5.41) is 5.44. The minimum atomic E-state index is -3.88. The van der Waals surface area contributed by atoms with Crippen LogP contribution in [0.4, 0.5) is 17.1 Å². The van der Waals surface area contributed by atoms with Crippen LogP contribution >= 0.6 is 0 Å². The number of nitrogens with one attached hydrogen (secondary N) is 3. The molecule has 1 aliphatic heterocycles. The van der Waals surface area contributed by atoms with Crippen LogP contribution in [0, 0.1) is 6.92 Å². The van der Waals surface area contributed by atoms with E-state index in [0.29, 0.717) is 22.7 Å². The number of carbonyl (C=O) groups excluding carboxylic acids is 2. The highest BCUT2D eigenvalue weighted by Crippen LogP contribution is 2.31. The number of amides is 2. The number of carbonyl (C=O) groups is 2. The van der Waals surface area contributed by atoms with Crippen LogP contribution in [0.5, 0.6) is 5.75 Å². The summed E-state index contributed by atoms with van der Waals surface area (Å²) < 4.78 is 34.3. The standard InChI is InChI=1S/C26H27N3O5S/c1-16-8-9-18(26(2,3)4)13-23(16)35(32,33)29-20-7-5-6-17(12-20)25(31)27-19-10-11-22-21(14-19)28-24(30)15-34-22/h5-14,29H,15H2,1-4H3,(H,27,31)(H,28,30). The van der Waals surface area contributed by atoms with Gasteiger partial charge < -0.3 is 15.4 Å². The predicted octanol–water partition coefficient (Wildman–Crippen LogP) is 4.68. The van der Waals surface area contributed by atoms with E-state index in [0.717, 1.165) is 5.56 Å². The summed E-state index contributed by atoms with van der Waals surface area (Å²) in [6.07, 6.45) is 0. The largest absolute Gasteiger partial charge is 0.482 e. The van der Waals surface area contributed by atoms with Crippen molar-refractivity contribution in [2.45, 2.75) is 38.0 Å². The van der Waals surface area contributed by atoms with E-state index in [9.17, 15) is 18.0 Å². The molecule has 0 saturated carbocycles. The van der Waals surface area contributed by atoms with Crippen LogP contribution in [-0.4, -0.2) is 26.8 Å². The van der Waals surface area contributed by atoms with Gasteiger partial charge in [0.25, 0.3) is 21.8 Å². The summed E-state index contributed by atoms with van der Waals surface area (Å²) in [4.78, 5) is 24.6. The van der Waals surface area contributed by atoms with Gasteiger partial charge in [-0.3, -0.25) is 14.3 Å². The van der Waals surface area contributed by atoms with Crippen molar-refractivity contribution >= 4 is 38.9 Å². The lowest BCUT2D eigenvalue weighted by molar-refractivity contribution is -0.118. The molecule has 0 radical (unpaired) electrons. The average molecular weight is 494 g/mol. The fourth-order valence-corrected chi connectivity index (χ4v) is 4.98. The van der Waals surface area contributed by atoms with Crippen molar-refractivity contribution < 1.29 is 22.7 Å². The molecule has 0 aromatic heterocycles. The highest BCUT2D eigenvalue weighted by molar-refractivity contribution is 7.92. The Balaban J connectivity index is 1.54. The Morgan fingerprint density at radius 2 is 1.77 bits per heavy atom. The number of fused-ring (bicyclic) bond motifs is 1. The van der Waals surface area contributed by atoms with Gasteiger partial charge in [-0.2, -0.15) is 0 Å². The van der Waals surface area contributed by atoms with Gasteiger partial charge in [0.05, 0.1) is 10.6 Å². The Morgan fingerprint density at radius 3 is 2.51 bits per heavy atom. The topological polar surface area (TPSA) is 114 Å². The molecule has 0 aliphatic carbocycles. The zero-order valence-corrected chi connectivity index (χ0v) is 20.7. The van der Waals surface area contributed by atoms with Gasteiger partial charge in [0.2, 0.25) is 0 Å². The zero-order valence-electron chi connectivity index (χ0n) is 19.9. The molecule has 0 fully saturated rings. The summed E-state index contributed by atoms with van der Waals surface area (Å²) in [6.45, 7) is 7.76. The molecule has 0 spiro atoms. The lowest BCUT2D eigenvalue weighted by atomic mass is 9.87. The summed E-state index contributed by atoms with van der Waals surface area (Å²) in [7, 11) is -3.88. The van der Waals surface area contributed by atoms with Crippen LogP contribution in [0.2, 0.25) is 0 Å². The maximum Gasteiger partial charge on any atom is 0.262 e. The molecule has 3 N–H and O–H groups in total. The lowest BCUT2D eigenvalue weighted by Crippen LogP contribution is -2.25. The molecule has 2 amide bonds. The third-order valence-electron chi connectivity index (χ3n) is 5.59. The van der Waals surface area contributed by atoms with E-state index in [4.69, 9.17) is 4.74 Å². The first kappa shape index (κ1) is 24.3. The monoisotopic (exact) mass is 493 g/mol. The van der Waals surface area contributed by atoms with Gasteiger partial charge in [0.1, 0.15) is 5.75 Å². The average Bonchev–Trinajstić information content (AvgIpc) is 2.78. The Morgan fingerprint density at radius 1 is 1.00 bits per heavy atom. The van der Waals surface area contributed by atoms with Crippen molar-refractivity contribution in [2.75, 3.05) is 22.0 Å². The highest BCUT2D eigenvalue weighted by atomic mass is 32.2. The molecular weight excluding hydrogens is 466 g/mol. The van der Waals surface area contributed by atoms with Crippen molar-refractivity contribution in [3.63, 3.8) is 0 Å². The van der Waals surface area contributed by atoms with E-state index in [1.807, 2.05) is 26.8 Å². The van der Waals surface area contributed by atoms with Crippen LogP contribution in [0.15, 0.2) is 65.6 Å². The van der Waals surface area contributed by atoms with Gasteiger partial charge in [-0.1, -0.05) is 39.0 Å². The predicted molar refractivity (Wildman–Crippen MR) is 136 cm³/mol. The molecule has 1 heterocycles. The molecule has 0 saturated heterocycles. The first-order valence-corrected chi connectivity index (χ1v) is 12.5. The molecule has 9 heteroatoms. The summed E-state index contributed by atoms with van der Waals surface area (Å²) in [5.74, 6) is -0.186. The number of rotatable bonds is 5. The first-order valence-electron chi connectivity index (χ1n) is 11.0. The van der Waals surface area contributed by atoms with Crippen LogP contribution < -0.4 is 20.1 Å². The van der Waals surface area contributed by atoms with Gasteiger partial charge in [0.15, 0.2) is 6.61 Å². The number of sulfonamides is 1. The van der Waals surface area contributed by atoms with Crippen LogP contribution in [0.3, 0.4) is 0 Å². The Hall–Kier alpha value is -3.85. The van der Waals surface area contributed by atoms with E-state index in [2.05, 4.69) is 15.4 Å². The fourth-order valence-electron chi connectivity index (χ4n) is 3.65. The van der Waals surface area contributed by atoms with Crippen molar-refractivity contribution in [1.82, 2.24) is 0 Å². The zero-order chi connectivity index (χ0) is 25.4. The molecule has 8 nitrogen and oxygen atoms in total. The third kappa shape index (κ3) is 5.46. The van der Waals surface area contributed by atoms with Gasteiger partial charge in [-0.15, -0.1) is 0 Å². The molecule has 0 unspecified atom stereocenters. The first-order chi connectivity index (χ1) is 16.4. The van der Waals surface area contributed by atoms with Crippen molar-refractivity contribution in [3.8, 4) is 5.75 Å². The van der Waals surface area contributed by atoms with Crippen molar-refractivity contribution in [1.29, 1.82) is 0 Å². The Bertz CT molecular complexity index is 1430. The molecule has 1 aliphatic rings. The number of benzene rings is 3. The summed E-state index contributed by atoms with van der Waals surface area (Å²) in [6, 6.07) is 16.6. The van der Waals surface area contributed by atoms with E-state index >= 15 is 0 Å². The molecule has 35 heavy (non-hydrogen) atoms. The van der Waals surface area contributed by atoms with Gasteiger partial charge in [0, 0.05) is 16.9 Å². The molecule has 0 bridgehead atoms. The smallest absolute Gasteiger partial charge is 0.262 e. The fraction of sp³-hybridized carbons (Fsp3) is 0.231. The third-order valence-corrected chi connectivity index (χ3v) is 7.11. The van der Waals surface area contributed by atoms with Gasteiger partial charge in [-0.25, -0.2) is 8.42 Å². The maximum absolute atomic E-state index is 13.2. The second-order valence-electron chi connectivity index (χ2n) is 9.42. The van der Waals surface area contributed by atoms with Crippen LogP contribution in [0.1, 0.15) is 42.3 Å². The molecule has 3 aromatic rings. The lowest BCUT2D eigenvalue weighted by Gasteiger charge is -2.21. The number of hydrogen-bond acceptors (Lipinski definition) is 5. The maximum atomic E-state index is 13.2. The Labute approximate surface area is 204 Å². The number of aryl methyl sites for hydroxylation is 1. The van der Waals surface area contributed by atoms with Crippen molar-refractivity contribution in [3.05, 3.63) is 77.4 Å². The number of anilines is 3. The molecule has 3 aromatic carbocycles. The molecule has 0 atom stereocenters. The second-order valence-corrected chi connectivity index (χ2v) is 11.1. The summed E-state index contributed by atoms with van der Waals surface area (Å²) >= 11 is 0. The summed E-state index contributed by atoms with van der Waals surface area (Å²) in [5.41, 5.74) is 2.79. The number of ether oxygens (including phenoxy) is 1. The van der Waals surface area contributed by atoms with Crippen LogP contribution in [-0.2, 0) is 20.2 Å². The van der Waals surface area contributed by atoms with E-state index in [-0.39, 0.29) is 34.1 Å². The normalized spacial score (nSPS) is 13.3. The second kappa shape index (κ2) is 9.07. The van der Waals surface area contributed by atoms with E-state index < -0.39 is 15.9 Å². The van der Waals surface area contributed by atoms with Gasteiger partial charge in [-0.05, 0) is 65.9 Å². The minimum absolute atomic E-state index is 0.0541. The highest BCUT2D eigenvalue weighted by Gasteiger charge is 2.22. The number of hydrogen-bond donors (Lipinski definition) is 3. The van der Waals surface area contributed by atoms with Crippen LogP contribution in [0.25, 0.3) is 0 Å². The van der Waals surface area contributed by atoms with E-state index in [1.54, 1.807) is 55.5 Å². The van der Waals surface area contributed by atoms with E-state index in [1.165, 1.54) is 6.07 Å².